The molecule has 94 valence electrons. The van der Waals surface area contributed by atoms with Gasteiger partial charge in [0.1, 0.15) is 24.4 Å². The quantitative estimate of drug-likeness (QED) is 0.265. The first kappa shape index (κ1) is 13.3. The number of hydrogen-bond donors (Lipinski definition) is 5. The molecule has 8 nitrogen and oxygen atoms in total. The van der Waals surface area contributed by atoms with Gasteiger partial charge in [0, 0.05) is 6.92 Å². The summed E-state index contributed by atoms with van der Waals surface area (Å²) in [6.07, 6.45) is -5.18. The van der Waals surface area contributed by atoms with Gasteiger partial charge in [-0.15, -0.1) is 0 Å². The molecule has 0 amide bonds. The molecule has 8 heteroatoms. The third-order valence-corrected chi connectivity index (χ3v) is 2.31. The topological polar surface area (TPSA) is 128 Å². The lowest BCUT2D eigenvalue weighted by Crippen LogP contribution is -2.63. The molecule has 0 aromatic heterocycles. The Balaban J connectivity index is 2.77. The van der Waals surface area contributed by atoms with Crippen LogP contribution in [0.4, 0.5) is 0 Å². The molecule has 0 aliphatic carbocycles. The maximum Gasteiger partial charge on any atom is 0.304 e. The predicted octanol–water partition coefficient (Wildman–Crippen LogP) is -2.66. The lowest BCUT2D eigenvalue weighted by atomic mass is 9.98. The van der Waals surface area contributed by atoms with Crippen molar-refractivity contribution in [2.24, 2.45) is 0 Å². The van der Waals surface area contributed by atoms with Gasteiger partial charge in [-0.3, -0.25) is 4.79 Å². The number of ether oxygens (including phenoxy) is 2. The van der Waals surface area contributed by atoms with E-state index in [1.165, 1.54) is 0 Å². The van der Waals surface area contributed by atoms with E-state index in [9.17, 15) is 15.0 Å². The molecule has 1 aliphatic rings. The first-order valence-electron chi connectivity index (χ1n) is 4.70. The first-order chi connectivity index (χ1) is 7.51. The van der Waals surface area contributed by atoms with Crippen molar-refractivity contribution >= 4 is 5.97 Å². The normalized spacial score (nSPS) is 39.4. The van der Waals surface area contributed by atoms with E-state index in [2.05, 4.69) is 4.74 Å². The van der Waals surface area contributed by atoms with Crippen molar-refractivity contribution in [1.82, 2.24) is 5.48 Å². The third-order valence-electron chi connectivity index (χ3n) is 2.31. The van der Waals surface area contributed by atoms with Gasteiger partial charge in [-0.1, -0.05) is 0 Å². The molecule has 5 N–H and O–H groups in total. The largest absolute Gasteiger partial charge is 0.434 e. The molecule has 5 atom stereocenters. The SMILES string of the molecule is CC(=O)OC1O[C@H](CO)[C@@H](O)[C@H](O)[C@H]1NO. The second-order valence-corrected chi connectivity index (χ2v) is 3.47. The number of carbonyl (C=O) groups is 1. The Morgan fingerprint density at radius 2 is 2.06 bits per heavy atom. The van der Waals surface area contributed by atoms with Crippen LogP contribution in [0.2, 0.25) is 0 Å². The van der Waals surface area contributed by atoms with Crippen LogP contribution in [0.5, 0.6) is 0 Å². The van der Waals surface area contributed by atoms with E-state index in [-0.39, 0.29) is 0 Å². The molecule has 1 heterocycles. The number of hydroxylamine groups is 1. The van der Waals surface area contributed by atoms with Crippen LogP contribution in [0.15, 0.2) is 0 Å². The molecular formula is C8H15NO7. The van der Waals surface area contributed by atoms with Crippen LogP contribution < -0.4 is 5.48 Å². The molecule has 0 spiro atoms. The highest BCUT2D eigenvalue weighted by molar-refractivity contribution is 5.66. The van der Waals surface area contributed by atoms with Gasteiger partial charge < -0.3 is 30.0 Å². The van der Waals surface area contributed by atoms with Crippen molar-refractivity contribution < 1.29 is 34.8 Å². The molecule has 1 aliphatic heterocycles. The Hall–Kier alpha value is -0.770. The van der Waals surface area contributed by atoms with Gasteiger partial charge in [0.05, 0.1) is 6.61 Å². The minimum Gasteiger partial charge on any atom is -0.434 e. The van der Waals surface area contributed by atoms with E-state index in [4.69, 9.17) is 15.1 Å². The second kappa shape index (κ2) is 5.53. The van der Waals surface area contributed by atoms with Crippen LogP contribution in [0.25, 0.3) is 0 Å². The molecule has 0 aromatic carbocycles. The zero-order chi connectivity index (χ0) is 12.3. The Morgan fingerprint density at radius 3 is 2.50 bits per heavy atom. The Bertz CT molecular complexity index is 249. The number of nitrogens with one attached hydrogen (secondary N) is 1. The average molecular weight is 237 g/mol. The number of rotatable bonds is 3. The number of aliphatic hydroxyl groups excluding tert-OH is 3. The molecule has 0 saturated carbocycles. The highest BCUT2D eigenvalue weighted by Gasteiger charge is 2.45. The molecule has 0 bridgehead atoms. The molecule has 1 unspecified atom stereocenters. The van der Waals surface area contributed by atoms with E-state index in [0.29, 0.717) is 0 Å². The Morgan fingerprint density at radius 1 is 1.44 bits per heavy atom. The van der Waals surface area contributed by atoms with Crippen LogP contribution in [-0.4, -0.2) is 63.7 Å². The molecular weight excluding hydrogens is 222 g/mol. The lowest BCUT2D eigenvalue weighted by molar-refractivity contribution is -0.273. The first-order valence-corrected chi connectivity index (χ1v) is 4.70. The molecule has 0 radical (unpaired) electrons. The summed E-state index contributed by atoms with van der Waals surface area (Å²) in [5.74, 6) is -0.675. The number of aliphatic hydroxyl groups is 3. The van der Waals surface area contributed by atoms with Gasteiger partial charge in [-0.05, 0) is 0 Å². The summed E-state index contributed by atoms with van der Waals surface area (Å²) in [5.41, 5.74) is 1.69. The summed E-state index contributed by atoms with van der Waals surface area (Å²) >= 11 is 0. The summed E-state index contributed by atoms with van der Waals surface area (Å²) in [5, 5.41) is 36.7. The molecule has 0 aromatic rings. The second-order valence-electron chi connectivity index (χ2n) is 3.47. The maximum absolute atomic E-state index is 10.7. The van der Waals surface area contributed by atoms with Gasteiger partial charge in [0.15, 0.2) is 0 Å². The predicted molar refractivity (Wildman–Crippen MR) is 48.2 cm³/mol. The summed E-state index contributed by atoms with van der Waals surface area (Å²) < 4.78 is 9.69. The third kappa shape index (κ3) is 2.67. The van der Waals surface area contributed by atoms with E-state index >= 15 is 0 Å². The van der Waals surface area contributed by atoms with Crippen LogP contribution in [0, 0.1) is 0 Å². The fraction of sp³-hybridized carbons (Fsp3) is 0.875. The van der Waals surface area contributed by atoms with Crippen molar-refractivity contribution in [2.45, 2.75) is 37.6 Å². The summed E-state index contributed by atoms with van der Waals surface area (Å²) in [6.45, 7) is 0.581. The van der Waals surface area contributed by atoms with Crippen LogP contribution in [0.3, 0.4) is 0 Å². The molecule has 16 heavy (non-hydrogen) atoms. The van der Waals surface area contributed by atoms with Gasteiger partial charge in [-0.25, -0.2) is 0 Å². The highest BCUT2D eigenvalue weighted by Crippen LogP contribution is 2.21. The van der Waals surface area contributed by atoms with E-state index in [1.807, 2.05) is 0 Å². The van der Waals surface area contributed by atoms with Gasteiger partial charge in [0.25, 0.3) is 0 Å². The fourth-order valence-electron chi connectivity index (χ4n) is 1.48. The zero-order valence-electron chi connectivity index (χ0n) is 8.61. The van der Waals surface area contributed by atoms with E-state index in [0.717, 1.165) is 6.92 Å². The van der Waals surface area contributed by atoms with Gasteiger partial charge in [-0.2, -0.15) is 5.48 Å². The molecule has 1 saturated heterocycles. The lowest BCUT2D eigenvalue weighted by Gasteiger charge is -2.40. The van der Waals surface area contributed by atoms with Crippen molar-refractivity contribution in [3.8, 4) is 0 Å². The van der Waals surface area contributed by atoms with Gasteiger partial charge >= 0.3 is 5.97 Å². The summed E-state index contributed by atoms with van der Waals surface area (Å²) in [4.78, 5) is 10.7. The van der Waals surface area contributed by atoms with Crippen molar-refractivity contribution in [2.75, 3.05) is 6.61 Å². The van der Waals surface area contributed by atoms with Crippen molar-refractivity contribution in [3.63, 3.8) is 0 Å². The minimum absolute atomic E-state index is 0.547. The van der Waals surface area contributed by atoms with Crippen molar-refractivity contribution in [1.29, 1.82) is 0 Å². The zero-order valence-corrected chi connectivity index (χ0v) is 8.61. The Labute approximate surface area is 91.4 Å². The molecule has 1 rings (SSSR count). The Kier molecular flexibility index (Phi) is 4.59. The van der Waals surface area contributed by atoms with Gasteiger partial charge in [0.2, 0.25) is 6.29 Å². The van der Waals surface area contributed by atoms with E-state index in [1.54, 1.807) is 5.48 Å². The van der Waals surface area contributed by atoms with Crippen LogP contribution >= 0.6 is 0 Å². The number of esters is 1. The highest BCUT2D eigenvalue weighted by atomic mass is 16.7. The smallest absolute Gasteiger partial charge is 0.304 e. The monoisotopic (exact) mass is 237 g/mol. The van der Waals surface area contributed by atoms with Crippen molar-refractivity contribution in [3.05, 3.63) is 0 Å². The van der Waals surface area contributed by atoms with Crippen LogP contribution in [-0.2, 0) is 14.3 Å². The minimum atomic E-state index is -1.43. The summed E-state index contributed by atoms with van der Waals surface area (Å²) in [7, 11) is 0. The molecule has 1 fully saturated rings. The fourth-order valence-corrected chi connectivity index (χ4v) is 1.48. The van der Waals surface area contributed by atoms with Crippen LogP contribution in [0.1, 0.15) is 6.92 Å². The average Bonchev–Trinajstić information content (AvgIpc) is 2.23. The summed E-state index contributed by atoms with van der Waals surface area (Å²) in [6, 6.07) is -1.18. The standard InChI is InChI=1S/C8H15NO7/c1-3(11)15-8-5(9-14)7(13)6(12)4(2-10)16-8/h4-10,12-14H,2H2,1H3/t4-,5-,6-,7-,8?/m1/s1. The number of hydrogen-bond acceptors (Lipinski definition) is 8. The number of carbonyl (C=O) groups excluding carboxylic acids is 1. The van der Waals surface area contributed by atoms with E-state index < -0.39 is 43.2 Å². The maximum atomic E-state index is 10.7.